The van der Waals surface area contributed by atoms with Gasteiger partial charge in [0.2, 0.25) is 0 Å². The van der Waals surface area contributed by atoms with Crippen molar-refractivity contribution in [3.63, 3.8) is 0 Å². The molecule has 2 aromatic rings. The molecule has 1 aliphatic rings. The lowest BCUT2D eigenvalue weighted by Crippen LogP contribution is -2.17. The number of thioether (sulfide) groups is 1. The smallest absolute Gasteiger partial charge is 0.307 e. The van der Waals surface area contributed by atoms with E-state index in [-0.39, 0.29) is 10.9 Å². The van der Waals surface area contributed by atoms with Crippen molar-refractivity contribution in [3.8, 4) is 10.6 Å². The number of hydrogen-bond donors (Lipinski definition) is 1. The van der Waals surface area contributed by atoms with Crippen LogP contribution < -0.4 is 5.32 Å². The summed E-state index contributed by atoms with van der Waals surface area (Å²) in [7, 11) is 0. The van der Waals surface area contributed by atoms with Gasteiger partial charge in [-0.05, 0) is 18.2 Å². The van der Waals surface area contributed by atoms with Gasteiger partial charge in [0.05, 0.1) is 15.5 Å². The Kier molecular flexibility index (Phi) is 4.69. The average molecular weight is 407 g/mol. The first-order chi connectivity index (χ1) is 11.2. The fraction of sp³-hybridized carbons (Fsp3) is 0.0714. The quantitative estimate of drug-likeness (QED) is 0.564. The number of amides is 1. The molecule has 1 N–H and O–H groups in total. The Morgan fingerprint density at radius 2 is 2.08 bits per heavy atom. The number of halogens is 4. The fourth-order valence-electron chi connectivity index (χ4n) is 1.92. The first kappa shape index (κ1) is 17.4. The van der Waals surface area contributed by atoms with Crippen molar-refractivity contribution in [2.24, 2.45) is 0 Å². The van der Waals surface area contributed by atoms with Gasteiger partial charge in [-0.25, -0.2) is 4.98 Å². The Balaban J connectivity index is 1.89. The number of carbonyl (C=O) groups is 1. The highest BCUT2D eigenvalue weighted by Gasteiger charge is 2.33. The van der Waals surface area contributed by atoms with Crippen molar-refractivity contribution in [2.75, 3.05) is 0 Å². The minimum atomic E-state index is -4.50. The van der Waals surface area contributed by atoms with E-state index in [1.807, 2.05) is 0 Å². The van der Waals surface area contributed by atoms with Crippen molar-refractivity contribution < 1.29 is 18.0 Å². The number of thiazole rings is 1. The lowest BCUT2D eigenvalue weighted by molar-refractivity contribution is -0.137. The molecule has 10 heteroatoms. The molecule has 124 valence electrons. The van der Waals surface area contributed by atoms with E-state index in [4.69, 9.17) is 23.8 Å². The monoisotopic (exact) mass is 406 g/mol. The van der Waals surface area contributed by atoms with Crippen LogP contribution in [-0.4, -0.2) is 15.2 Å². The Hall–Kier alpha value is -1.42. The highest BCUT2D eigenvalue weighted by atomic mass is 35.5. The van der Waals surface area contributed by atoms with Crippen LogP contribution in [0.3, 0.4) is 0 Å². The van der Waals surface area contributed by atoms with E-state index in [1.54, 1.807) is 6.08 Å². The summed E-state index contributed by atoms with van der Waals surface area (Å²) in [6, 6.07) is 3.47. The molecule has 0 saturated carbocycles. The van der Waals surface area contributed by atoms with Crippen LogP contribution in [0.15, 0.2) is 29.3 Å². The standard InChI is InChI=1S/C14H6ClF3N2OS3/c15-9-3-6(1-2-8(9)14(16,17)18)12-19-5-7(23-12)4-10-11(21)20-13(22)24-10/h1-5H,(H,20,21,22)/b10-4-. The topological polar surface area (TPSA) is 42.0 Å². The maximum absolute atomic E-state index is 12.7. The number of thiocarbonyl (C=S) groups is 1. The SMILES string of the molecule is O=C1NC(=S)S/C1=C\c1cnc(-c2ccc(C(F)(F)F)c(Cl)c2)s1. The third-order valence-corrected chi connectivity index (χ3v) is 5.43. The molecule has 24 heavy (non-hydrogen) atoms. The van der Waals surface area contributed by atoms with Crippen molar-refractivity contribution in [3.05, 3.63) is 44.8 Å². The van der Waals surface area contributed by atoms with Gasteiger partial charge < -0.3 is 5.32 Å². The van der Waals surface area contributed by atoms with Gasteiger partial charge in [-0.1, -0.05) is 41.6 Å². The minimum Gasteiger partial charge on any atom is -0.307 e. The van der Waals surface area contributed by atoms with Gasteiger partial charge in [0.15, 0.2) is 0 Å². The maximum Gasteiger partial charge on any atom is 0.417 e. The van der Waals surface area contributed by atoms with E-state index < -0.39 is 11.7 Å². The molecule has 1 aromatic heterocycles. The van der Waals surface area contributed by atoms with Gasteiger partial charge in [-0.3, -0.25) is 4.79 Å². The molecule has 0 spiro atoms. The van der Waals surface area contributed by atoms with Crippen LogP contribution in [0, 0.1) is 0 Å². The third-order valence-electron chi connectivity index (χ3n) is 2.96. The molecular formula is C14H6ClF3N2OS3. The fourth-order valence-corrected chi connectivity index (χ4v) is 4.17. The van der Waals surface area contributed by atoms with Gasteiger partial charge in [-0.15, -0.1) is 11.3 Å². The van der Waals surface area contributed by atoms with Gasteiger partial charge in [0, 0.05) is 16.6 Å². The zero-order chi connectivity index (χ0) is 17.5. The highest BCUT2D eigenvalue weighted by molar-refractivity contribution is 8.26. The molecular weight excluding hydrogens is 401 g/mol. The van der Waals surface area contributed by atoms with E-state index in [0.29, 0.717) is 24.7 Å². The Bertz CT molecular complexity index is 876. The van der Waals surface area contributed by atoms with Crippen LogP contribution in [0.4, 0.5) is 13.2 Å². The summed E-state index contributed by atoms with van der Waals surface area (Å²) < 4.78 is 38.6. The lowest BCUT2D eigenvalue weighted by atomic mass is 10.1. The molecule has 3 nitrogen and oxygen atoms in total. The molecule has 0 radical (unpaired) electrons. The maximum atomic E-state index is 12.7. The van der Waals surface area contributed by atoms with Gasteiger partial charge in [0.25, 0.3) is 5.91 Å². The molecule has 1 amide bonds. The van der Waals surface area contributed by atoms with Crippen LogP contribution in [0.1, 0.15) is 10.4 Å². The average Bonchev–Trinajstić information content (AvgIpc) is 3.05. The van der Waals surface area contributed by atoms with Crippen LogP contribution in [-0.2, 0) is 11.0 Å². The molecule has 2 heterocycles. The molecule has 0 atom stereocenters. The van der Waals surface area contributed by atoms with E-state index in [9.17, 15) is 18.0 Å². The lowest BCUT2D eigenvalue weighted by Gasteiger charge is -2.09. The number of nitrogens with zero attached hydrogens (tertiary/aromatic N) is 1. The third kappa shape index (κ3) is 3.64. The first-order valence-electron chi connectivity index (χ1n) is 6.32. The second kappa shape index (κ2) is 6.47. The minimum absolute atomic E-state index is 0.280. The second-order valence-corrected chi connectivity index (χ2v) is 7.80. The number of aromatic nitrogens is 1. The summed E-state index contributed by atoms with van der Waals surface area (Å²) >= 11 is 13.0. The molecule has 0 bridgehead atoms. The number of rotatable bonds is 2. The van der Waals surface area contributed by atoms with E-state index in [2.05, 4.69) is 10.3 Å². The first-order valence-corrected chi connectivity index (χ1v) is 8.74. The highest BCUT2D eigenvalue weighted by Crippen LogP contribution is 2.38. The molecule has 1 fully saturated rings. The van der Waals surface area contributed by atoms with Crippen molar-refractivity contribution in [2.45, 2.75) is 6.18 Å². The zero-order valence-corrected chi connectivity index (χ0v) is 14.7. The van der Waals surface area contributed by atoms with Gasteiger partial charge in [-0.2, -0.15) is 13.2 Å². The number of nitrogens with one attached hydrogen (secondary N) is 1. The Morgan fingerprint density at radius 1 is 1.33 bits per heavy atom. The van der Waals surface area contributed by atoms with Crippen LogP contribution in [0.25, 0.3) is 16.6 Å². The number of benzene rings is 1. The number of alkyl halides is 3. The summed E-state index contributed by atoms with van der Waals surface area (Å²) in [4.78, 5) is 16.9. The van der Waals surface area contributed by atoms with Crippen LogP contribution in [0.2, 0.25) is 5.02 Å². The Morgan fingerprint density at radius 3 is 2.67 bits per heavy atom. The molecule has 1 aliphatic heterocycles. The van der Waals surface area contributed by atoms with E-state index in [1.165, 1.54) is 29.7 Å². The largest absolute Gasteiger partial charge is 0.417 e. The van der Waals surface area contributed by atoms with E-state index >= 15 is 0 Å². The predicted octanol–water partition coefficient (Wildman–Crippen LogP) is 4.97. The summed E-state index contributed by atoms with van der Waals surface area (Å²) in [6.45, 7) is 0. The van der Waals surface area contributed by atoms with Gasteiger partial charge in [0.1, 0.15) is 9.33 Å². The molecule has 1 saturated heterocycles. The van der Waals surface area contributed by atoms with Crippen molar-refractivity contribution in [1.29, 1.82) is 0 Å². The number of hydrogen-bond acceptors (Lipinski definition) is 5. The molecule has 3 rings (SSSR count). The predicted molar refractivity (Wildman–Crippen MR) is 93.9 cm³/mol. The molecule has 0 unspecified atom stereocenters. The Labute approximate surface area is 152 Å². The summed E-state index contributed by atoms with van der Waals surface area (Å²) in [5.41, 5.74) is -0.416. The van der Waals surface area contributed by atoms with Crippen LogP contribution >= 0.6 is 46.9 Å². The van der Waals surface area contributed by atoms with Crippen molar-refractivity contribution >= 4 is 63.2 Å². The van der Waals surface area contributed by atoms with Crippen molar-refractivity contribution in [1.82, 2.24) is 10.3 Å². The second-order valence-electron chi connectivity index (χ2n) is 4.61. The normalized spacial score (nSPS) is 16.8. The van der Waals surface area contributed by atoms with E-state index in [0.717, 1.165) is 17.8 Å². The summed E-state index contributed by atoms with van der Waals surface area (Å²) in [5, 5.41) is 2.62. The molecule has 1 aromatic carbocycles. The zero-order valence-electron chi connectivity index (χ0n) is 11.5. The number of carbonyl (C=O) groups excluding carboxylic acids is 1. The van der Waals surface area contributed by atoms with Crippen LogP contribution in [0.5, 0.6) is 0 Å². The molecule has 0 aliphatic carbocycles. The summed E-state index contributed by atoms with van der Waals surface area (Å²) in [6.07, 6.45) is -1.33. The summed E-state index contributed by atoms with van der Waals surface area (Å²) in [5.74, 6) is -0.280. The van der Waals surface area contributed by atoms with Gasteiger partial charge >= 0.3 is 6.18 Å².